The second-order valence-corrected chi connectivity index (χ2v) is 6.99. The molecule has 4 nitrogen and oxygen atoms in total. The molecule has 2 aromatic carbocycles. The summed E-state index contributed by atoms with van der Waals surface area (Å²) in [6.45, 7) is 4.57. The highest BCUT2D eigenvalue weighted by Gasteiger charge is 2.29. The van der Waals surface area contributed by atoms with Crippen LogP contribution in [-0.2, 0) is 17.8 Å². The Morgan fingerprint density at radius 2 is 2.04 bits per heavy atom. The van der Waals surface area contributed by atoms with Crippen molar-refractivity contribution in [2.24, 2.45) is 0 Å². The molecule has 0 unspecified atom stereocenters. The highest BCUT2D eigenvalue weighted by Crippen LogP contribution is 2.44. The van der Waals surface area contributed by atoms with E-state index in [9.17, 15) is 5.21 Å². The maximum atomic E-state index is 10.4. The summed E-state index contributed by atoms with van der Waals surface area (Å²) in [5.74, 6) is 1.39. The quantitative estimate of drug-likeness (QED) is 0.562. The SMILES string of the molecule is CCc1ccc(OCc2c(C3CC3)cccc2N(O)C(=S)OC)c(C)c1. The highest BCUT2D eigenvalue weighted by atomic mass is 32.1. The van der Waals surface area contributed by atoms with Gasteiger partial charge in [0, 0.05) is 5.56 Å². The summed E-state index contributed by atoms with van der Waals surface area (Å²) in [4.78, 5) is 0. The molecule has 0 radical (unpaired) electrons. The number of hydrogen-bond acceptors (Lipinski definition) is 4. The molecule has 1 N–H and O–H groups in total. The van der Waals surface area contributed by atoms with Gasteiger partial charge in [0.1, 0.15) is 12.4 Å². The Morgan fingerprint density at radius 3 is 2.65 bits per heavy atom. The molecule has 1 aliphatic carbocycles. The van der Waals surface area contributed by atoms with E-state index in [1.165, 1.54) is 31.1 Å². The van der Waals surface area contributed by atoms with Crippen LogP contribution in [-0.4, -0.2) is 17.5 Å². The molecule has 1 fully saturated rings. The molecular formula is C21H25NO3S. The zero-order valence-corrected chi connectivity index (χ0v) is 16.3. The molecule has 0 spiro atoms. The Bertz CT molecular complexity index is 802. The second kappa shape index (κ2) is 8.06. The lowest BCUT2D eigenvalue weighted by molar-refractivity contribution is 0.264. The Balaban J connectivity index is 1.89. The average molecular weight is 372 g/mol. The summed E-state index contributed by atoms with van der Waals surface area (Å²) in [6.07, 6.45) is 3.34. The zero-order valence-electron chi connectivity index (χ0n) is 15.5. The van der Waals surface area contributed by atoms with E-state index in [1.807, 2.05) is 18.2 Å². The summed E-state index contributed by atoms with van der Waals surface area (Å²) < 4.78 is 11.1. The number of rotatable bonds is 6. The number of benzene rings is 2. The van der Waals surface area contributed by atoms with Crippen LogP contribution in [0.4, 0.5) is 5.69 Å². The number of hydrogen-bond donors (Lipinski definition) is 1. The lowest BCUT2D eigenvalue weighted by atomic mass is 10.0. The van der Waals surface area contributed by atoms with Crippen molar-refractivity contribution in [3.8, 4) is 5.75 Å². The number of anilines is 1. The van der Waals surface area contributed by atoms with Crippen molar-refractivity contribution in [2.45, 2.75) is 45.6 Å². The van der Waals surface area contributed by atoms with E-state index in [2.05, 4.69) is 32.0 Å². The largest absolute Gasteiger partial charge is 0.489 e. The first-order valence-corrected chi connectivity index (χ1v) is 9.37. The van der Waals surface area contributed by atoms with Crippen LogP contribution >= 0.6 is 12.2 Å². The first-order chi connectivity index (χ1) is 12.5. The third-order valence-electron chi connectivity index (χ3n) is 4.80. The number of methoxy groups -OCH3 is 1. The molecule has 1 aliphatic rings. The Hall–Kier alpha value is -2.11. The maximum absolute atomic E-state index is 10.4. The van der Waals surface area contributed by atoms with Crippen LogP contribution < -0.4 is 9.80 Å². The van der Waals surface area contributed by atoms with Gasteiger partial charge in [-0.1, -0.05) is 31.2 Å². The summed E-state index contributed by atoms with van der Waals surface area (Å²) in [5, 5.41) is 11.4. The van der Waals surface area contributed by atoms with Crippen molar-refractivity contribution in [3.05, 3.63) is 58.7 Å². The minimum atomic E-state index is 0.0164. The molecule has 0 saturated heterocycles. The van der Waals surface area contributed by atoms with Gasteiger partial charge in [-0.25, -0.2) is 0 Å². The minimum absolute atomic E-state index is 0.0164. The van der Waals surface area contributed by atoms with Crippen molar-refractivity contribution in [1.82, 2.24) is 0 Å². The molecule has 5 heteroatoms. The predicted molar refractivity (Wildman–Crippen MR) is 107 cm³/mol. The van der Waals surface area contributed by atoms with Gasteiger partial charge in [0.05, 0.1) is 12.8 Å². The number of nitrogens with zero attached hydrogens (tertiary/aromatic N) is 1. The molecule has 0 amide bonds. The van der Waals surface area contributed by atoms with Gasteiger partial charge in [-0.15, -0.1) is 0 Å². The third kappa shape index (κ3) is 4.00. The molecule has 1 saturated carbocycles. The first-order valence-electron chi connectivity index (χ1n) is 8.96. The third-order valence-corrected chi connectivity index (χ3v) is 5.14. The molecule has 0 atom stereocenters. The van der Waals surface area contributed by atoms with E-state index in [0.29, 0.717) is 18.2 Å². The van der Waals surface area contributed by atoms with Gasteiger partial charge in [0.25, 0.3) is 5.17 Å². The average Bonchev–Trinajstić information content (AvgIpc) is 3.50. The number of thiocarbonyl (C=S) groups is 1. The molecule has 0 aliphatic heterocycles. The zero-order chi connectivity index (χ0) is 18.7. The smallest absolute Gasteiger partial charge is 0.288 e. The van der Waals surface area contributed by atoms with Crippen molar-refractivity contribution >= 4 is 23.1 Å². The van der Waals surface area contributed by atoms with Crippen LogP contribution in [0.15, 0.2) is 36.4 Å². The van der Waals surface area contributed by atoms with E-state index in [1.54, 1.807) is 0 Å². The van der Waals surface area contributed by atoms with Crippen molar-refractivity contribution in [2.75, 3.05) is 12.2 Å². The van der Waals surface area contributed by atoms with Gasteiger partial charge in [-0.2, -0.15) is 5.06 Å². The fraction of sp³-hybridized carbons (Fsp3) is 0.381. The van der Waals surface area contributed by atoms with Crippen LogP contribution in [0.3, 0.4) is 0 Å². The van der Waals surface area contributed by atoms with E-state index in [0.717, 1.165) is 28.4 Å². The van der Waals surface area contributed by atoms with E-state index in [-0.39, 0.29) is 5.17 Å². The normalized spacial score (nSPS) is 13.4. The molecule has 2 aromatic rings. The van der Waals surface area contributed by atoms with Crippen molar-refractivity contribution in [3.63, 3.8) is 0 Å². The van der Waals surface area contributed by atoms with Crippen molar-refractivity contribution < 1.29 is 14.7 Å². The van der Waals surface area contributed by atoms with Crippen LogP contribution in [0, 0.1) is 6.92 Å². The van der Waals surface area contributed by atoms with Gasteiger partial charge < -0.3 is 9.47 Å². The first kappa shape index (κ1) is 18.7. The summed E-state index contributed by atoms with van der Waals surface area (Å²) in [5.41, 5.74) is 5.19. The molecule has 0 heterocycles. The topological polar surface area (TPSA) is 41.9 Å². The van der Waals surface area contributed by atoms with Gasteiger partial charge >= 0.3 is 0 Å². The second-order valence-electron chi connectivity index (χ2n) is 6.64. The van der Waals surface area contributed by atoms with Crippen LogP contribution in [0.1, 0.15) is 47.9 Å². The fourth-order valence-electron chi connectivity index (χ4n) is 3.15. The number of ether oxygens (including phenoxy) is 2. The summed E-state index contributed by atoms with van der Waals surface area (Å²) in [6, 6.07) is 12.1. The lowest BCUT2D eigenvalue weighted by Crippen LogP contribution is -2.28. The summed E-state index contributed by atoms with van der Waals surface area (Å²) >= 11 is 5.08. The molecule has 138 valence electrons. The Morgan fingerprint density at radius 1 is 1.27 bits per heavy atom. The maximum Gasteiger partial charge on any atom is 0.288 e. The molecule has 26 heavy (non-hydrogen) atoms. The molecule has 0 aromatic heterocycles. The summed E-state index contributed by atoms with van der Waals surface area (Å²) in [7, 11) is 1.45. The van der Waals surface area contributed by atoms with Crippen molar-refractivity contribution in [1.29, 1.82) is 0 Å². The van der Waals surface area contributed by atoms with Crippen LogP contribution in [0.5, 0.6) is 5.75 Å². The fourth-order valence-corrected chi connectivity index (χ4v) is 3.25. The van der Waals surface area contributed by atoms with Crippen LogP contribution in [0.2, 0.25) is 0 Å². The molecular weight excluding hydrogens is 346 g/mol. The van der Waals surface area contributed by atoms with E-state index >= 15 is 0 Å². The number of aryl methyl sites for hydroxylation is 2. The van der Waals surface area contributed by atoms with E-state index < -0.39 is 0 Å². The van der Waals surface area contributed by atoms with Gasteiger partial charge in [0.15, 0.2) is 0 Å². The Kier molecular flexibility index (Phi) is 5.79. The number of hydroxylamine groups is 1. The Labute approximate surface area is 160 Å². The molecule has 3 rings (SSSR count). The lowest BCUT2D eigenvalue weighted by Gasteiger charge is -2.22. The molecule has 0 bridgehead atoms. The van der Waals surface area contributed by atoms with Gasteiger partial charge in [-0.3, -0.25) is 5.21 Å². The van der Waals surface area contributed by atoms with E-state index in [4.69, 9.17) is 21.7 Å². The van der Waals surface area contributed by atoms with Gasteiger partial charge in [-0.05, 0) is 73.1 Å². The van der Waals surface area contributed by atoms with Crippen LogP contribution in [0.25, 0.3) is 0 Å². The monoisotopic (exact) mass is 371 g/mol. The minimum Gasteiger partial charge on any atom is -0.489 e. The highest BCUT2D eigenvalue weighted by molar-refractivity contribution is 7.80. The predicted octanol–water partition coefficient (Wildman–Crippen LogP) is 5.14. The standard InChI is InChI=1S/C21H25NO3S/c1-4-15-8-11-20(14(2)12-15)25-13-18-17(16-9-10-16)6-5-7-19(18)22(23)21(26)24-3/h5-8,11-12,16,23H,4,9-10,13H2,1-3H3. The van der Waals surface area contributed by atoms with Gasteiger partial charge in [0.2, 0.25) is 0 Å².